The molecule has 2 fully saturated rings. The molecule has 3 amide bonds. The lowest BCUT2D eigenvalue weighted by Gasteiger charge is -2.46. The Bertz CT molecular complexity index is 658. The summed E-state index contributed by atoms with van der Waals surface area (Å²) in [5, 5.41) is 5.97. The molecular weight excluding hydrogens is 364 g/mol. The maximum Gasteiger partial charge on any atom is 0.317 e. The number of nitrogens with one attached hydrogen (secondary N) is 2. The van der Waals surface area contributed by atoms with Crippen molar-refractivity contribution in [2.75, 3.05) is 32.7 Å². The number of hydrogen-bond acceptors (Lipinski definition) is 3. The first-order valence-electron chi connectivity index (χ1n) is 11.2. The molecule has 1 aromatic carbocycles. The molecule has 3 rings (SSSR count). The van der Waals surface area contributed by atoms with E-state index in [9.17, 15) is 9.59 Å². The minimum absolute atomic E-state index is 0.0389. The number of carbonyl (C=O) groups is 2. The topological polar surface area (TPSA) is 64.7 Å². The third-order valence-electron chi connectivity index (χ3n) is 6.34. The van der Waals surface area contributed by atoms with Crippen molar-refractivity contribution in [1.29, 1.82) is 0 Å². The molecule has 1 saturated carbocycles. The van der Waals surface area contributed by atoms with Gasteiger partial charge in [0.05, 0.1) is 0 Å². The predicted molar refractivity (Wildman–Crippen MR) is 116 cm³/mol. The number of carbonyl (C=O) groups excluding carboxylic acids is 2. The number of urea groups is 1. The number of benzene rings is 1. The van der Waals surface area contributed by atoms with Crippen molar-refractivity contribution in [3.05, 3.63) is 35.9 Å². The van der Waals surface area contributed by atoms with Crippen molar-refractivity contribution < 1.29 is 9.59 Å². The van der Waals surface area contributed by atoms with E-state index in [-0.39, 0.29) is 17.5 Å². The van der Waals surface area contributed by atoms with E-state index in [2.05, 4.69) is 39.8 Å². The zero-order chi connectivity index (χ0) is 20.5. The summed E-state index contributed by atoms with van der Waals surface area (Å²) < 4.78 is 0. The Morgan fingerprint density at radius 2 is 1.83 bits per heavy atom. The molecule has 1 aliphatic carbocycles. The molecule has 1 saturated heterocycles. The van der Waals surface area contributed by atoms with Crippen LogP contribution in [0, 0.1) is 0 Å². The van der Waals surface area contributed by atoms with Crippen LogP contribution in [0.25, 0.3) is 0 Å². The minimum Gasteiger partial charge on any atom is -0.354 e. The summed E-state index contributed by atoms with van der Waals surface area (Å²) >= 11 is 0. The van der Waals surface area contributed by atoms with Crippen molar-refractivity contribution in [2.45, 2.75) is 64.0 Å². The summed E-state index contributed by atoms with van der Waals surface area (Å²) in [5.74, 6) is 0.114. The van der Waals surface area contributed by atoms with Crippen LogP contribution >= 0.6 is 0 Å². The highest BCUT2D eigenvalue weighted by molar-refractivity contribution is 5.77. The number of hydrogen-bond donors (Lipinski definition) is 2. The number of amides is 3. The molecule has 1 aromatic rings. The Kier molecular flexibility index (Phi) is 7.92. The maximum absolute atomic E-state index is 12.8. The van der Waals surface area contributed by atoms with E-state index < -0.39 is 0 Å². The van der Waals surface area contributed by atoms with Crippen LogP contribution in [0.4, 0.5) is 4.79 Å². The monoisotopic (exact) mass is 400 g/mol. The summed E-state index contributed by atoms with van der Waals surface area (Å²) in [4.78, 5) is 29.6. The molecule has 1 spiro atoms. The second-order valence-electron chi connectivity index (χ2n) is 8.39. The largest absolute Gasteiger partial charge is 0.354 e. The Morgan fingerprint density at radius 3 is 2.55 bits per heavy atom. The fraction of sp³-hybridized carbons (Fsp3) is 0.652. The van der Waals surface area contributed by atoms with E-state index >= 15 is 0 Å². The average Bonchev–Trinajstić information content (AvgIpc) is 2.75. The van der Waals surface area contributed by atoms with E-state index in [1.54, 1.807) is 0 Å². The molecule has 1 heterocycles. The van der Waals surface area contributed by atoms with Gasteiger partial charge in [-0.2, -0.15) is 0 Å². The first-order valence-corrected chi connectivity index (χ1v) is 11.2. The van der Waals surface area contributed by atoms with Crippen molar-refractivity contribution in [3.8, 4) is 0 Å². The van der Waals surface area contributed by atoms with Gasteiger partial charge in [-0.1, -0.05) is 49.6 Å². The number of nitrogens with zero attached hydrogens (tertiary/aromatic N) is 2. The highest BCUT2D eigenvalue weighted by Gasteiger charge is 2.39. The van der Waals surface area contributed by atoms with Crippen LogP contribution in [0.3, 0.4) is 0 Å². The Balaban J connectivity index is 1.81. The lowest BCUT2D eigenvalue weighted by molar-refractivity contribution is -0.125. The van der Waals surface area contributed by atoms with Crippen molar-refractivity contribution in [1.82, 2.24) is 20.4 Å². The van der Waals surface area contributed by atoms with E-state index in [0.717, 1.165) is 32.4 Å². The third-order valence-corrected chi connectivity index (χ3v) is 6.34. The average molecular weight is 401 g/mol. The summed E-state index contributed by atoms with van der Waals surface area (Å²) in [7, 11) is 0. The fourth-order valence-corrected chi connectivity index (χ4v) is 4.82. The zero-order valence-electron chi connectivity index (χ0n) is 17.8. The molecule has 0 atom stereocenters. The standard InChI is InChI=1S/C23H36N4O2/c1-2-24-22(29)26-15-9-16-27(19-20-10-5-3-6-11-20)23(12-7-4-8-13-23)18-21(28)25-14-17-26/h3,5-6,10-11H,2,4,7-9,12-19H2,1H3,(H,24,29)(H,25,28). The van der Waals surface area contributed by atoms with E-state index in [4.69, 9.17) is 0 Å². The maximum atomic E-state index is 12.8. The lowest BCUT2D eigenvalue weighted by atomic mass is 9.77. The van der Waals surface area contributed by atoms with Gasteiger partial charge in [0, 0.05) is 51.2 Å². The van der Waals surface area contributed by atoms with Crippen LogP contribution in [-0.4, -0.2) is 60.0 Å². The van der Waals surface area contributed by atoms with E-state index in [1.807, 2.05) is 17.9 Å². The van der Waals surface area contributed by atoms with Gasteiger partial charge in [-0.15, -0.1) is 0 Å². The van der Waals surface area contributed by atoms with Gasteiger partial charge < -0.3 is 15.5 Å². The third kappa shape index (κ3) is 5.95. The Hall–Kier alpha value is -2.08. The summed E-state index contributed by atoms with van der Waals surface area (Å²) in [6.07, 6.45) is 7.25. The summed E-state index contributed by atoms with van der Waals surface area (Å²) in [6, 6.07) is 10.5. The summed E-state index contributed by atoms with van der Waals surface area (Å²) in [5.41, 5.74) is 1.22. The minimum atomic E-state index is -0.0704. The van der Waals surface area contributed by atoms with Gasteiger partial charge in [0.15, 0.2) is 0 Å². The van der Waals surface area contributed by atoms with Gasteiger partial charge in [-0.3, -0.25) is 9.69 Å². The zero-order valence-corrected chi connectivity index (χ0v) is 17.8. The molecule has 1 aliphatic heterocycles. The van der Waals surface area contributed by atoms with Gasteiger partial charge in [0.1, 0.15) is 0 Å². The van der Waals surface area contributed by atoms with Crippen molar-refractivity contribution >= 4 is 11.9 Å². The molecule has 2 aliphatic rings. The van der Waals surface area contributed by atoms with Crippen LogP contribution < -0.4 is 10.6 Å². The molecular formula is C23H36N4O2. The van der Waals surface area contributed by atoms with Crippen LogP contribution in [0.1, 0.15) is 57.4 Å². The number of rotatable bonds is 3. The highest BCUT2D eigenvalue weighted by atomic mass is 16.2. The summed E-state index contributed by atoms with van der Waals surface area (Å²) in [6.45, 7) is 6.09. The SMILES string of the molecule is CCNC(=O)N1CCCN(Cc2ccccc2)C2(CCCCC2)CC(=O)NCC1. The Morgan fingerprint density at radius 1 is 1.07 bits per heavy atom. The Labute approximate surface area is 175 Å². The lowest BCUT2D eigenvalue weighted by Crippen LogP contribution is -2.52. The molecule has 0 bridgehead atoms. The van der Waals surface area contributed by atoms with Crippen molar-refractivity contribution in [2.24, 2.45) is 0 Å². The normalized spacial score (nSPS) is 21.3. The van der Waals surface area contributed by atoms with Crippen LogP contribution in [0.2, 0.25) is 0 Å². The van der Waals surface area contributed by atoms with Gasteiger partial charge in [-0.25, -0.2) is 4.79 Å². The molecule has 6 nitrogen and oxygen atoms in total. The van der Waals surface area contributed by atoms with Gasteiger partial charge in [-0.05, 0) is 31.7 Å². The van der Waals surface area contributed by atoms with Crippen molar-refractivity contribution in [3.63, 3.8) is 0 Å². The van der Waals surface area contributed by atoms with E-state index in [0.29, 0.717) is 32.6 Å². The first-order chi connectivity index (χ1) is 14.1. The molecule has 160 valence electrons. The molecule has 0 unspecified atom stereocenters. The second kappa shape index (κ2) is 10.6. The quantitative estimate of drug-likeness (QED) is 0.819. The first kappa shape index (κ1) is 21.6. The predicted octanol–water partition coefficient (Wildman–Crippen LogP) is 3.13. The molecule has 0 radical (unpaired) electrons. The molecule has 0 aromatic heterocycles. The van der Waals surface area contributed by atoms with Crippen LogP contribution in [0.5, 0.6) is 0 Å². The highest BCUT2D eigenvalue weighted by Crippen LogP contribution is 2.38. The van der Waals surface area contributed by atoms with E-state index in [1.165, 1.54) is 24.8 Å². The van der Waals surface area contributed by atoms with Gasteiger partial charge in [0.25, 0.3) is 0 Å². The molecule has 29 heavy (non-hydrogen) atoms. The van der Waals surface area contributed by atoms with Gasteiger partial charge >= 0.3 is 6.03 Å². The second-order valence-corrected chi connectivity index (χ2v) is 8.39. The van der Waals surface area contributed by atoms with Gasteiger partial charge in [0.2, 0.25) is 5.91 Å². The van der Waals surface area contributed by atoms with Crippen LogP contribution in [0.15, 0.2) is 30.3 Å². The smallest absolute Gasteiger partial charge is 0.317 e. The fourth-order valence-electron chi connectivity index (χ4n) is 4.82. The van der Waals surface area contributed by atoms with Crippen LogP contribution in [-0.2, 0) is 11.3 Å². The molecule has 6 heteroatoms. The molecule has 2 N–H and O–H groups in total.